The third-order valence-electron chi connectivity index (χ3n) is 5.70. The van der Waals surface area contributed by atoms with E-state index in [1.807, 2.05) is 24.3 Å². The Labute approximate surface area is 167 Å². The predicted octanol–water partition coefficient (Wildman–Crippen LogP) is 1.91. The van der Waals surface area contributed by atoms with Crippen LogP contribution in [0.15, 0.2) is 53.7 Å². The van der Waals surface area contributed by atoms with E-state index in [4.69, 9.17) is 4.74 Å². The number of piperidine rings is 1. The average Bonchev–Trinajstić information content (AvgIpc) is 3.13. The molecule has 1 fully saturated rings. The molecule has 1 saturated heterocycles. The van der Waals surface area contributed by atoms with Crippen molar-refractivity contribution in [2.24, 2.45) is 0 Å². The van der Waals surface area contributed by atoms with Gasteiger partial charge in [-0.1, -0.05) is 18.2 Å². The Balaban J connectivity index is 1.37. The van der Waals surface area contributed by atoms with Crippen LogP contribution in [0.5, 0.6) is 5.88 Å². The number of H-pyrrole nitrogens is 1. The third kappa shape index (κ3) is 3.06. The zero-order valence-corrected chi connectivity index (χ0v) is 16.4. The van der Waals surface area contributed by atoms with Crippen LogP contribution in [0.1, 0.15) is 23.2 Å². The van der Waals surface area contributed by atoms with E-state index in [9.17, 15) is 13.2 Å². The van der Waals surface area contributed by atoms with E-state index in [-0.39, 0.29) is 23.2 Å². The summed E-state index contributed by atoms with van der Waals surface area (Å²) < 4.78 is 33.7. The van der Waals surface area contributed by atoms with Crippen molar-refractivity contribution in [1.82, 2.24) is 19.6 Å². The third-order valence-corrected chi connectivity index (χ3v) is 7.12. The van der Waals surface area contributed by atoms with Crippen molar-refractivity contribution < 1.29 is 17.9 Å². The Bertz CT molecular complexity index is 1200. The van der Waals surface area contributed by atoms with Crippen molar-refractivity contribution in [3.05, 3.63) is 54.4 Å². The molecule has 1 amide bonds. The highest BCUT2D eigenvalue weighted by molar-refractivity contribution is 7.89. The number of benzene rings is 1. The number of aromatic nitrogens is 2. The number of hydrogen-bond donors (Lipinski definition) is 2. The van der Waals surface area contributed by atoms with Crippen LogP contribution in [-0.2, 0) is 10.0 Å². The molecule has 29 heavy (non-hydrogen) atoms. The standard InChI is InChI=1S/C20H20N4O4S/c25-19(15-12-22-16-5-2-1-4-14(15)16)24-10-7-20(8-11-24)13-23-29(26,27)17-6-3-9-21-18(17)28-20/h1-6,9,12,22-23H,7-8,10-11,13H2. The van der Waals surface area contributed by atoms with Crippen LogP contribution in [0.25, 0.3) is 10.9 Å². The van der Waals surface area contributed by atoms with Crippen LogP contribution in [0, 0.1) is 0 Å². The molecule has 4 heterocycles. The number of pyridine rings is 1. The monoisotopic (exact) mass is 412 g/mol. The summed E-state index contributed by atoms with van der Waals surface area (Å²) in [5.41, 5.74) is 0.850. The van der Waals surface area contributed by atoms with Gasteiger partial charge in [0.25, 0.3) is 5.91 Å². The molecule has 150 valence electrons. The molecule has 5 rings (SSSR count). The van der Waals surface area contributed by atoms with Crippen LogP contribution in [0.3, 0.4) is 0 Å². The lowest BCUT2D eigenvalue weighted by Crippen LogP contribution is -2.54. The molecular weight excluding hydrogens is 392 g/mol. The molecular formula is C20H20N4O4S. The first-order valence-electron chi connectivity index (χ1n) is 9.47. The number of hydrogen-bond acceptors (Lipinski definition) is 5. The Hall–Kier alpha value is -2.91. The van der Waals surface area contributed by atoms with E-state index in [1.54, 1.807) is 17.2 Å². The summed E-state index contributed by atoms with van der Waals surface area (Å²) in [4.78, 5) is 22.2. The van der Waals surface area contributed by atoms with Gasteiger partial charge in [-0.05, 0) is 18.2 Å². The van der Waals surface area contributed by atoms with Crippen molar-refractivity contribution in [2.45, 2.75) is 23.3 Å². The van der Waals surface area contributed by atoms with Crippen LogP contribution in [0.4, 0.5) is 0 Å². The Kier molecular flexibility index (Phi) is 4.11. The number of ether oxygens (including phenoxy) is 1. The molecule has 8 nitrogen and oxygen atoms in total. The number of sulfonamides is 1. The van der Waals surface area contributed by atoms with Gasteiger partial charge in [0.15, 0.2) is 0 Å². The molecule has 9 heteroatoms. The molecule has 2 aliphatic heterocycles. The van der Waals surface area contributed by atoms with Crippen molar-refractivity contribution in [1.29, 1.82) is 0 Å². The van der Waals surface area contributed by atoms with Crippen molar-refractivity contribution in [3.8, 4) is 5.88 Å². The van der Waals surface area contributed by atoms with Gasteiger partial charge < -0.3 is 14.6 Å². The molecule has 1 spiro atoms. The lowest BCUT2D eigenvalue weighted by molar-refractivity contribution is 0.00464. The second kappa shape index (κ2) is 6.57. The second-order valence-corrected chi connectivity index (χ2v) is 9.19. The van der Waals surface area contributed by atoms with Gasteiger partial charge >= 0.3 is 0 Å². The number of carbonyl (C=O) groups excluding carboxylic acids is 1. The van der Waals surface area contributed by atoms with Gasteiger partial charge in [0.1, 0.15) is 10.5 Å². The van der Waals surface area contributed by atoms with Gasteiger partial charge in [-0.25, -0.2) is 18.1 Å². The van der Waals surface area contributed by atoms with Crippen LogP contribution in [0.2, 0.25) is 0 Å². The van der Waals surface area contributed by atoms with E-state index in [0.717, 1.165) is 10.9 Å². The molecule has 2 aliphatic rings. The average molecular weight is 412 g/mol. The van der Waals surface area contributed by atoms with Crippen LogP contribution in [-0.4, -0.2) is 54.4 Å². The number of amides is 1. The molecule has 0 aliphatic carbocycles. The summed E-state index contributed by atoms with van der Waals surface area (Å²) >= 11 is 0. The van der Waals surface area contributed by atoms with Crippen LogP contribution >= 0.6 is 0 Å². The molecule has 0 saturated carbocycles. The molecule has 2 aromatic heterocycles. The fourth-order valence-electron chi connectivity index (χ4n) is 4.02. The SMILES string of the molecule is O=C(c1c[nH]c2ccccc12)N1CCC2(CC1)CNS(=O)(=O)c1cccnc1O2. The number of aromatic amines is 1. The minimum absolute atomic E-state index is 0.0370. The van der Waals surface area contributed by atoms with Gasteiger partial charge in [0.2, 0.25) is 15.9 Å². The van der Waals surface area contributed by atoms with E-state index in [0.29, 0.717) is 31.5 Å². The minimum Gasteiger partial charge on any atom is -0.469 e. The number of rotatable bonds is 1. The number of fused-ring (bicyclic) bond motifs is 2. The summed E-state index contributed by atoms with van der Waals surface area (Å²) in [5, 5.41) is 0.898. The van der Waals surface area contributed by atoms with Gasteiger partial charge in [-0.15, -0.1) is 0 Å². The zero-order valence-electron chi connectivity index (χ0n) is 15.6. The van der Waals surface area contributed by atoms with E-state index >= 15 is 0 Å². The number of carbonyl (C=O) groups is 1. The minimum atomic E-state index is -3.67. The maximum Gasteiger partial charge on any atom is 0.256 e. The molecule has 0 bridgehead atoms. The highest BCUT2D eigenvalue weighted by Crippen LogP contribution is 2.34. The van der Waals surface area contributed by atoms with Crippen LogP contribution < -0.4 is 9.46 Å². The van der Waals surface area contributed by atoms with Crippen molar-refractivity contribution in [3.63, 3.8) is 0 Å². The van der Waals surface area contributed by atoms with Gasteiger partial charge in [-0.3, -0.25) is 4.79 Å². The zero-order chi connectivity index (χ0) is 20.1. The lowest BCUT2D eigenvalue weighted by atomic mass is 9.90. The molecule has 0 atom stereocenters. The molecule has 0 radical (unpaired) electrons. The highest BCUT2D eigenvalue weighted by Gasteiger charge is 2.43. The fraction of sp³-hybridized carbons (Fsp3) is 0.300. The molecule has 3 aromatic rings. The maximum atomic E-state index is 13.1. The summed E-state index contributed by atoms with van der Waals surface area (Å²) in [6.45, 7) is 1.10. The first kappa shape index (κ1) is 18.1. The topological polar surface area (TPSA) is 104 Å². The molecule has 0 unspecified atom stereocenters. The van der Waals surface area contributed by atoms with E-state index in [1.165, 1.54) is 12.3 Å². The Morgan fingerprint density at radius 3 is 2.76 bits per heavy atom. The first-order chi connectivity index (χ1) is 14.0. The maximum absolute atomic E-state index is 13.1. The first-order valence-corrected chi connectivity index (χ1v) is 10.9. The summed E-state index contributed by atoms with van der Waals surface area (Å²) in [7, 11) is -3.67. The van der Waals surface area contributed by atoms with Gasteiger partial charge in [0, 0.05) is 49.2 Å². The smallest absolute Gasteiger partial charge is 0.256 e. The number of para-hydroxylation sites is 1. The van der Waals surface area contributed by atoms with Crippen molar-refractivity contribution in [2.75, 3.05) is 19.6 Å². The molecule has 2 N–H and O–H groups in total. The van der Waals surface area contributed by atoms with Gasteiger partial charge in [-0.2, -0.15) is 0 Å². The summed E-state index contributed by atoms with van der Waals surface area (Å²) in [6, 6.07) is 10.8. The number of likely N-dealkylation sites (tertiary alicyclic amines) is 1. The Morgan fingerprint density at radius 1 is 1.14 bits per heavy atom. The highest BCUT2D eigenvalue weighted by atomic mass is 32.2. The number of nitrogens with one attached hydrogen (secondary N) is 2. The quantitative estimate of drug-likeness (QED) is 0.635. The normalized spacial score (nSPS) is 20.1. The Morgan fingerprint density at radius 2 is 1.93 bits per heavy atom. The summed E-state index contributed by atoms with van der Waals surface area (Å²) in [5.74, 6) is 0.0823. The fourth-order valence-corrected chi connectivity index (χ4v) is 5.21. The van der Waals surface area contributed by atoms with E-state index < -0.39 is 15.6 Å². The number of nitrogens with zero attached hydrogens (tertiary/aromatic N) is 2. The second-order valence-electron chi connectivity index (χ2n) is 7.46. The van der Waals surface area contributed by atoms with E-state index in [2.05, 4.69) is 14.7 Å². The largest absolute Gasteiger partial charge is 0.469 e. The molecule has 1 aromatic carbocycles. The van der Waals surface area contributed by atoms with Crippen molar-refractivity contribution >= 4 is 26.8 Å². The predicted molar refractivity (Wildman–Crippen MR) is 106 cm³/mol. The van der Waals surface area contributed by atoms with Gasteiger partial charge in [0.05, 0.1) is 12.1 Å². The summed E-state index contributed by atoms with van der Waals surface area (Å²) in [6.07, 6.45) is 4.29. The lowest BCUT2D eigenvalue weighted by Gasteiger charge is -2.40.